The molecule has 0 spiro atoms. The third-order valence-corrected chi connectivity index (χ3v) is 4.67. The van der Waals surface area contributed by atoms with Crippen molar-refractivity contribution >= 4 is 5.91 Å². The molecule has 1 amide bonds. The minimum Gasteiger partial charge on any atom is -0.493 e. The number of likely N-dealkylation sites (tertiary alicyclic amines) is 2. The number of carbonyl (C=O) groups excluding carboxylic acids is 1. The third-order valence-electron chi connectivity index (χ3n) is 4.67. The van der Waals surface area contributed by atoms with Crippen LogP contribution < -0.4 is 9.47 Å². The fourth-order valence-electron chi connectivity index (χ4n) is 3.33. The number of rotatable bonds is 6. The molecular weight excluding hydrogens is 292 g/mol. The quantitative estimate of drug-likeness (QED) is 0.805. The van der Waals surface area contributed by atoms with Gasteiger partial charge in [0.1, 0.15) is 6.10 Å². The molecule has 2 aliphatic rings. The van der Waals surface area contributed by atoms with E-state index in [0.29, 0.717) is 13.1 Å². The number of benzene rings is 1. The Hall–Kier alpha value is -1.75. The highest BCUT2D eigenvalue weighted by molar-refractivity contribution is 5.79. The molecule has 1 atom stereocenters. The molecule has 5 nitrogen and oxygen atoms in total. The van der Waals surface area contributed by atoms with Crippen LogP contribution in [0.5, 0.6) is 11.5 Å². The van der Waals surface area contributed by atoms with Gasteiger partial charge in [-0.1, -0.05) is 19.1 Å². The molecule has 2 heterocycles. The Morgan fingerprint density at radius 1 is 1.22 bits per heavy atom. The normalized spacial score (nSPS) is 20.2. The summed E-state index contributed by atoms with van der Waals surface area (Å²) in [6.07, 6.45) is 2.59. The van der Waals surface area contributed by atoms with Crippen LogP contribution in [-0.4, -0.2) is 61.6 Å². The second-order valence-electron chi connectivity index (χ2n) is 6.54. The predicted octanol–water partition coefficient (Wildman–Crippen LogP) is 2.02. The molecule has 2 aliphatic heterocycles. The van der Waals surface area contributed by atoms with E-state index in [4.69, 9.17) is 9.47 Å². The van der Waals surface area contributed by atoms with Crippen LogP contribution in [0, 0.1) is 5.92 Å². The SMILES string of the molecule is COc1ccccc1OC1CN(C(=O)[C@H](C)CN2CCCC2)C1. The van der Waals surface area contributed by atoms with E-state index < -0.39 is 0 Å². The van der Waals surface area contributed by atoms with Crippen LogP contribution in [0.1, 0.15) is 19.8 Å². The van der Waals surface area contributed by atoms with Gasteiger partial charge in [0.05, 0.1) is 20.2 Å². The van der Waals surface area contributed by atoms with Crippen molar-refractivity contribution in [3.8, 4) is 11.5 Å². The van der Waals surface area contributed by atoms with E-state index in [1.807, 2.05) is 36.1 Å². The first-order valence-corrected chi connectivity index (χ1v) is 8.48. The molecule has 2 fully saturated rings. The molecule has 0 aliphatic carbocycles. The maximum atomic E-state index is 12.5. The van der Waals surface area contributed by atoms with Gasteiger partial charge >= 0.3 is 0 Å². The van der Waals surface area contributed by atoms with E-state index in [0.717, 1.165) is 31.1 Å². The summed E-state index contributed by atoms with van der Waals surface area (Å²) in [6, 6.07) is 7.63. The number of carbonyl (C=O) groups is 1. The maximum absolute atomic E-state index is 12.5. The Morgan fingerprint density at radius 2 is 1.87 bits per heavy atom. The Bertz CT molecular complexity index is 537. The lowest BCUT2D eigenvalue weighted by molar-refractivity contribution is -0.144. The van der Waals surface area contributed by atoms with Gasteiger partial charge in [-0.3, -0.25) is 4.79 Å². The summed E-state index contributed by atoms with van der Waals surface area (Å²) < 4.78 is 11.2. The Kier molecular flexibility index (Phi) is 5.06. The average molecular weight is 318 g/mol. The minimum atomic E-state index is 0.0641. The zero-order valence-electron chi connectivity index (χ0n) is 14.0. The van der Waals surface area contributed by atoms with Crippen molar-refractivity contribution in [3.63, 3.8) is 0 Å². The average Bonchev–Trinajstić information content (AvgIpc) is 3.03. The van der Waals surface area contributed by atoms with Crippen molar-refractivity contribution < 1.29 is 14.3 Å². The predicted molar refractivity (Wildman–Crippen MR) is 88.8 cm³/mol. The molecule has 5 heteroatoms. The van der Waals surface area contributed by atoms with Crippen molar-refractivity contribution in [2.24, 2.45) is 5.92 Å². The topological polar surface area (TPSA) is 42.0 Å². The van der Waals surface area contributed by atoms with E-state index in [1.54, 1.807) is 7.11 Å². The lowest BCUT2D eigenvalue weighted by Crippen LogP contribution is -2.58. The van der Waals surface area contributed by atoms with Gasteiger partial charge < -0.3 is 19.3 Å². The summed E-state index contributed by atoms with van der Waals surface area (Å²) in [5.74, 6) is 1.80. The lowest BCUT2D eigenvalue weighted by Gasteiger charge is -2.40. The molecular formula is C18H26N2O3. The van der Waals surface area contributed by atoms with E-state index in [1.165, 1.54) is 12.8 Å². The van der Waals surface area contributed by atoms with Gasteiger partial charge in [-0.05, 0) is 38.1 Å². The maximum Gasteiger partial charge on any atom is 0.226 e. The fraction of sp³-hybridized carbons (Fsp3) is 0.611. The second kappa shape index (κ2) is 7.21. The smallest absolute Gasteiger partial charge is 0.226 e. The zero-order valence-corrected chi connectivity index (χ0v) is 14.0. The molecule has 1 aromatic rings. The monoisotopic (exact) mass is 318 g/mol. The number of hydrogen-bond donors (Lipinski definition) is 0. The molecule has 0 N–H and O–H groups in total. The van der Waals surface area contributed by atoms with E-state index in [9.17, 15) is 4.79 Å². The van der Waals surface area contributed by atoms with Gasteiger partial charge in [0, 0.05) is 12.5 Å². The molecule has 0 radical (unpaired) electrons. The summed E-state index contributed by atoms with van der Waals surface area (Å²) >= 11 is 0. The first-order valence-electron chi connectivity index (χ1n) is 8.48. The van der Waals surface area contributed by atoms with Crippen molar-refractivity contribution in [1.82, 2.24) is 9.80 Å². The zero-order chi connectivity index (χ0) is 16.2. The number of para-hydroxylation sites is 2. The number of amides is 1. The van der Waals surface area contributed by atoms with Crippen LogP contribution in [0.3, 0.4) is 0 Å². The van der Waals surface area contributed by atoms with Crippen molar-refractivity contribution in [2.75, 3.05) is 39.8 Å². The summed E-state index contributed by atoms with van der Waals surface area (Å²) in [4.78, 5) is 16.8. The molecule has 23 heavy (non-hydrogen) atoms. The standard InChI is InChI=1S/C18H26N2O3/c1-14(11-19-9-5-6-10-19)18(21)20-12-15(13-20)23-17-8-4-3-7-16(17)22-2/h3-4,7-8,14-15H,5-6,9-13H2,1-2H3/t14-/m1/s1. The first-order chi connectivity index (χ1) is 11.2. The lowest BCUT2D eigenvalue weighted by atomic mass is 10.1. The second-order valence-corrected chi connectivity index (χ2v) is 6.54. The van der Waals surface area contributed by atoms with Crippen LogP contribution in [-0.2, 0) is 4.79 Å². The summed E-state index contributed by atoms with van der Waals surface area (Å²) in [7, 11) is 1.64. The van der Waals surface area contributed by atoms with Crippen molar-refractivity contribution in [2.45, 2.75) is 25.9 Å². The molecule has 0 saturated carbocycles. The van der Waals surface area contributed by atoms with Gasteiger partial charge in [0.2, 0.25) is 5.91 Å². The van der Waals surface area contributed by atoms with Crippen LogP contribution in [0.4, 0.5) is 0 Å². The number of hydrogen-bond acceptors (Lipinski definition) is 4. The molecule has 126 valence electrons. The van der Waals surface area contributed by atoms with Crippen LogP contribution in [0.2, 0.25) is 0 Å². The van der Waals surface area contributed by atoms with Gasteiger partial charge in [-0.15, -0.1) is 0 Å². The molecule has 2 saturated heterocycles. The highest BCUT2D eigenvalue weighted by atomic mass is 16.5. The van der Waals surface area contributed by atoms with Gasteiger partial charge in [0.25, 0.3) is 0 Å². The fourth-order valence-corrected chi connectivity index (χ4v) is 3.33. The Morgan fingerprint density at radius 3 is 2.52 bits per heavy atom. The van der Waals surface area contributed by atoms with Gasteiger partial charge in [0.15, 0.2) is 11.5 Å². The van der Waals surface area contributed by atoms with Gasteiger partial charge in [-0.25, -0.2) is 0 Å². The third kappa shape index (κ3) is 3.78. The van der Waals surface area contributed by atoms with Gasteiger partial charge in [-0.2, -0.15) is 0 Å². The first kappa shape index (κ1) is 16.1. The molecule has 0 unspecified atom stereocenters. The molecule has 0 aromatic heterocycles. The highest BCUT2D eigenvalue weighted by Gasteiger charge is 2.35. The van der Waals surface area contributed by atoms with E-state index in [2.05, 4.69) is 4.90 Å². The molecule has 3 rings (SSSR count). The van der Waals surface area contributed by atoms with Crippen LogP contribution >= 0.6 is 0 Å². The Balaban J connectivity index is 1.45. The number of nitrogens with zero attached hydrogens (tertiary/aromatic N) is 2. The van der Waals surface area contributed by atoms with E-state index >= 15 is 0 Å². The largest absolute Gasteiger partial charge is 0.493 e. The van der Waals surface area contributed by atoms with Crippen LogP contribution in [0.25, 0.3) is 0 Å². The molecule has 1 aromatic carbocycles. The van der Waals surface area contributed by atoms with E-state index in [-0.39, 0.29) is 17.9 Å². The molecule has 0 bridgehead atoms. The highest BCUT2D eigenvalue weighted by Crippen LogP contribution is 2.29. The summed E-state index contributed by atoms with van der Waals surface area (Å²) in [5, 5.41) is 0. The van der Waals surface area contributed by atoms with Crippen molar-refractivity contribution in [3.05, 3.63) is 24.3 Å². The number of ether oxygens (including phenoxy) is 2. The van der Waals surface area contributed by atoms with Crippen LogP contribution in [0.15, 0.2) is 24.3 Å². The minimum absolute atomic E-state index is 0.0641. The van der Waals surface area contributed by atoms with Crippen molar-refractivity contribution in [1.29, 1.82) is 0 Å². The number of methoxy groups -OCH3 is 1. The summed E-state index contributed by atoms with van der Waals surface area (Å²) in [6.45, 7) is 6.53. The summed E-state index contributed by atoms with van der Waals surface area (Å²) in [5.41, 5.74) is 0. The Labute approximate surface area is 138 Å².